The maximum Gasteiger partial charge on any atom is 0.142 e. The van der Waals surface area contributed by atoms with Crippen LogP contribution in [0, 0.1) is 11.3 Å². The number of pyridine rings is 1. The van der Waals surface area contributed by atoms with Gasteiger partial charge in [0, 0.05) is 17.3 Å². The van der Waals surface area contributed by atoms with Crippen LogP contribution in [0.25, 0.3) is 11.0 Å². The number of nitrogens with zero attached hydrogens (tertiary/aromatic N) is 3. The van der Waals surface area contributed by atoms with Crippen molar-refractivity contribution in [3.05, 3.63) is 64.5 Å². The van der Waals surface area contributed by atoms with Crippen molar-refractivity contribution >= 4 is 11.0 Å². The van der Waals surface area contributed by atoms with Gasteiger partial charge in [-0.1, -0.05) is 38.1 Å². The molecule has 2 heterocycles. The molecule has 1 aliphatic rings. The van der Waals surface area contributed by atoms with Gasteiger partial charge in [-0.25, -0.2) is 4.98 Å². The molecule has 3 heteroatoms. The molecule has 4 rings (SSSR count). The van der Waals surface area contributed by atoms with Crippen molar-refractivity contribution in [1.29, 1.82) is 5.26 Å². The molecule has 0 aliphatic heterocycles. The van der Waals surface area contributed by atoms with Crippen LogP contribution >= 0.6 is 0 Å². The molecule has 3 nitrogen and oxygen atoms in total. The van der Waals surface area contributed by atoms with Crippen LogP contribution in [0.1, 0.15) is 54.3 Å². The minimum Gasteiger partial charge on any atom is -0.324 e. The molecule has 0 saturated heterocycles. The summed E-state index contributed by atoms with van der Waals surface area (Å²) in [6, 6.07) is 13.5. The van der Waals surface area contributed by atoms with Gasteiger partial charge in [-0.3, -0.25) is 0 Å². The molecule has 0 N–H and O–H groups in total. The zero-order valence-electron chi connectivity index (χ0n) is 14.2. The van der Waals surface area contributed by atoms with Crippen LogP contribution in [-0.2, 0) is 19.3 Å². The summed E-state index contributed by atoms with van der Waals surface area (Å²) in [5.41, 5.74) is 6.87. The van der Waals surface area contributed by atoms with Crippen LogP contribution in [0.3, 0.4) is 0 Å². The number of hydrogen-bond donors (Lipinski definition) is 0. The van der Waals surface area contributed by atoms with Gasteiger partial charge in [0.2, 0.25) is 0 Å². The van der Waals surface area contributed by atoms with Crippen LogP contribution in [-0.4, -0.2) is 9.55 Å². The first-order chi connectivity index (χ1) is 11.8. The molecule has 0 radical (unpaired) electrons. The van der Waals surface area contributed by atoms with E-state index in [-0.39, 0.29) is 6.04 Å². The van der Waals surface area contributed by atoms with Crippen LogP contribution in [0.2, 0.25) is 0 Å². The highest BCUT2D eigenvalue weighted by molar-refractivity contribution is 5.87. The maximum atomic E-state index is 9.64. The molecule has 120 valence electrons. The van der Waals surface area contributed by atoms with Gasteiger partial charge in [-0.2, -0.15) is 5.26 Å². The summed E-state index contributed by atoms with van der Waals surface area (Å²) >= 11 is 0. The van der Waals surface area contributed by atoms with E-state index >= 15 is 0 Å². The average Bonchev–Trinajstić information content (AvgIpc) is 3.21. The largest absolute Gasteiger partial charge is 0.324 e. The van der Waals surface area contributed by atoms with Crippen molar-refractivity contribution in [2.45, 2.75) is 45.6 Å². The molecule has 0 fully saturated rings. The smallest absolute Gasteiger partial charge is 0.142 e. The highest BCUT2D eigenvalue weighted by Gasteiger charge is 2.26. The Labute approximate surface area is 142 Å². The molecule has 0 saturated carbocycles. The Morgan fingerprint density at radius 3 is 2.83 bits per heavy atom. The van der Waals surface area contributed by atoms with Gasteiger partial charge < -0.3 is 4.57 Å². The van der Waals surface area contributed by atoms with Crippen molar-refractivity contribution in [2.24, 2.45) is 0 Å². The summed E-state index contributed by atoms with van der Waals surface area (Å²) in [5, 5.41) is 10.7. The van der Waals surface area contributed by atoms with Gasteiger partial charge in [0.25, 0.3) is 0 Å². The van der Waals surface area contributed by atoms with Gasteiger partial charge in [0.15, 0.2) is 0 Å². The van der Waals surface area contributed by atoms with E-state index < -0.39 is 0 Å². The van der Waals surface area contributed by atoms with Gasteiger partial charge in [0.1, 0.15) is 11.7 Å². The Morgan fingerprint density at radius 1 is 1.25 bits per heavy atom. The molecule has 24 heavy (non-hydrogen) atoms. The molecular formula is C21H21N3. The molecule has 1 aromatic carbocycles. The molecular weight excluding hydrogens is 294 g/mol. The Hall–Kier alpha value is -2.60. The number of nitriles is 1. The first-order valence-corrected chi connectivity index (χ1v) is 8.78. The Bertz CT molecular complexity index is 959. The molecule has 1 aliphatic carbocycles. The van der Waals surface area contributed by atoms with Gasteiger partial charge in [-0.05, 0) is 48.4 Å². The van der Waals surface area contributed by atoms with E-state index in [1.54, 1.807) is 0 Å². The molecule has 0 bridgehead atoms. The molecule has 1 unspecified atom stereocenters. The lowest BCUT2D eigenvalue weighted by atomic mass is 10.1. The lowest BCUT2D eigenvalue weighted by Gasteiger charge is -2.16. The van der Waals surface area contributed by atoms with Crippen LogP contribution in [0.4, 0.5) is 0 Å². The quantitative estimate of drug-likeness (QED) is 0.710. The molecule has 0 spiro atoms. The fraction of sp³-hybridized carbons (Fsp3) is 0.333. The Kier molecular flexibility index (Phi) is 3.61. The summed E-state index contributed by atoms with van der Waals surface area (Å²) < 4.78 is 2.25. The van der Waals surface area contributed by atoms with E-state index in [4.69, 9.17) is 4.98 Å². The van der Waals surface area contributed by atoms with Crippen molar-refractivity contribution in [3.63, 3.8) is 0 Å². The van der Waals surface area contributed by atoms with Crippen LogP contribution in [0.5, 0.6) is 0 Å². The third-order valence-electron chi connectivity index (χ3n) is 5.22. The number of fused-ring (bicyclic) bond motifs is 2. The minimum absolute atomic E-state index is 0.287. The van der Waals surface area contributed by atoms with Crippen LogP contribution in [0.15, 0.2) is 36.5 Å². The topological polar surface area (TPSA) is 41.6 Å². The third kappa shape index (κ3) is 2.14. The highest BCUT2D eigenvalue weighted by Crippen LogP contribution is 2.37. The molecule has 3 aromatic rings. The van der Waals surface area contributed by atoms with E-state index in [0.717, 1.165) is 48.0 Å². The summed E-state index contributed by atoms with van der Waals surface area (Å²) in [6.45, 7) is 4.29. The van der Waals surface area contributed by atoms with E-state index in [9.17, 15) is 5.26 Å². The van der Waals surface area contributed by atoms with E-state index in [0.29, 0.717) is 0 Å². The molecule has 0 amide bonds. The Balaban J connectivity index is 1.99. The number of hydrogen-bond acceptors (Lipinski definition) is 2. The van der Waals surface area contributed by atoms with Crippen LogP contribution < -0.4 is 0 Å². The summed E-state index contributed by atoms with van der Waals surface area (Å²) in [5.74, 6) is 0. The normalized spacial score (nSPS) is 16.3. The first kappa shape index (κ1) is 15.0. The van der Waals surface area contributed by atoms with E-state index in [1.807, 2.05) is 6.20 Å². The highest BCUT2D eigenvalue weighted by atomic mass is 15.1. The zero-order chi connectivity index (χ0) is 16.7. The zero-order valence-corrected chi connectivity index (χ0v) is 14.2. The van der Waals surface area contributed by atoms with Crippen molar-refractivity contribution in [3.8, 4) is 6.07 Å². The number of rotatable bonds is 3. The van der Waals surface area contributed by atoms with Crippen molar-refractivity contribution in [2.75, 3.05) is 0 Å². The van der Waals surface area contributed by atoms with Gasteiger partial charge in [-0.15, -0.1) is 0 Å². The number of aryl methyl sites for hydroxylation is 3. The van der Waals surface area contributed by atoms with Gasteiger partial charge >= 0.3 is 0 Å². The lowest BCUT2D eigenvalue weighted by molar-refractivity contribution is 0.594. The summed E-state index contributed by atoms with van der Waals surface area (Å²) in [7, 11) is 0. The van der Waals surface area contributed by atoms with Crippen molar-refractivity contribution < 1.29 is 0 Å². The van der Waals surface area contributed by atoms with E-state index in [2.05, 4.69) is 54.8 Å². The SMILES string of the molecule is CCc1cc(CC)c2c(C#N)cn(C3CCc4ccccc43)c2n1. The number of aromatic nitrogens is 2. The second kappa shape index (κ2) is 5.79. The minimum atomic E-state index is 0.287. The van der Waals surface area contributed by atoms with E-state index in [1.165, 1.54) is 16.7 Å². The standard InChI is InChI=1S/C21H21N3/c1-3-14-11-17(4-2)23-21-20(14)16(12-22)13-24(21)19-10-9-15-7-5-6-8-18(15)19/h5-8,11,13,19H,3-4,9-10H2,1-2H3. The second-order valence-corrected chi connectivity index (χ2v) is 6.49. The molecule has 2 aromatic heterocycles. The first-order valence-electron chi connectivity index (χ1n) is 8.78. The molecule has 1 atom stereocenters. The second-order valence-electron chi connectivity index (χ2n) is 6.49. The number of benzene rings is 1. The van der Waals surface area contributed by atoms with Crippen molar-refractivity contribution in [1.82, 2.24) is 9.55 Å². The predicted molar refractivity (Wildman–Crippen MR) is 96.1 cm³/mol. The average molecular weight is 315 g/mol. The predicted octanol–water partition coefficient (Wildman–Crippen LogP) is 4.57. The Morgan fingerprint density at radius 2 is 2.08 bits per heavy atom. The maximum absolute atomic E-state index is 9.64. The third-order valence-corrected chi connectivity index (χ3v) is 5.22. The fourth-order valence-electron chi connectivity index (χ4n) is 3.99. The lowest BCUT2D eigenvalue weighted by Crippen LogP contribution is -2.07. The fourth-order valence-corrected chi connectivity index (χ4v) is 3.99. The summed E-state index contributed by atoms with van der Waals surface area (Å²) in [4.78, 5) is 4.90. The van der Waals surface area contributed by atoms with Gasteiger partial charge in [0.05, 0.1) is 11.6 Å². The summed E-state index contributed by atoms with van der Waals surface area (Å²) in [6.07, 6.45) is 6.02. The monoisotopic (exact) mass is 315 g/mol.